The number of carbonyl (C=O) groups excluding carboxylic acids is 1. The first kappa shape index (κ1) is 32.7. The van der Waals surface area contributed by atoms with Gasteiger partial charge in [-0.2, -0.15) is 8.78 Å². The summed E-state index contributed by atoms with van der Waals surface area (Å²) in [5, 5.41) is 6.82. The third-order valence-corrected chi connectivity index (χ3v) is 9.66. The van der Waals surface area contributed by atoms with Crippen LogP contribution in [0.15, 0.2) is 46.9 Å². The summed E-state index contributed by atoms with van der Waals surface area (Å²) >= 11 is 0. The third kappa shape index (κ3) is 8.52. The number of nitrogens with zero attached hydrogens (tertiary/aromatic N) is 6. The average Bonchev–Trinajstić information content (AvgIpc) is 3.54. The number of hydrogen-bond donors (Lipinski definition) is 0. The number of rotatable bonds is 11. The Morgan fingerprint density at radius 2 is 1.69 bits per heavy atom. The summed E-state index contributed by atoms with van der Waals surface area (Å²) in [7, 11) is -3.23. The summed E-state index contributed by atoms with van der Waals surface area (Å²) in [5.74, 6) is -1.51. The van der Waals surface area contributed by atoms with Gasteiger partial charge in [0.15, 0.2) is 9.84 Å². The van der Waals surface area contributed by atoms with Crippen molar-refractivity contribution in [3.63, 3.8) is 0 Å². The number of alkyl halides is 2. The Bertz CT molecular complexity index is 1530. The van der Waals surface area contributed by atoms with Gasteiger partial charge in [-0.15, -0.1) is 10.2 Å². The van der Waals surface area contributed by atoms with Gasteiger partial charge in [-0.05, 0) is 49.4 Å². The molecule has 0 radical (unpaired) electrons. The minimum absolute atomic E-state index is 0.0252. The highest BCUT2D eigenvalue weighted by Gasteiger charge is 2.30. The van der Waals surface area contributed by atoms with Crippen LogP contribution in [0.25, 0.3) is 11.5 Å². The normalized spacial score (nSPS) is 17.5. The summed E-state index contributed by atoms with van der Waals surface area (Å²) in [4.78, 5) is 21.3. The number of ether oxygens (including phenoxy) is 1. The van der Waals surface area contributed by atoms with Crippen molar-refractivity contribution in [3.8, 4) is 17.2 Å². The van der Waals surface area contributed by atoms with Crippen LogP contribution in [0.5, 0.6) is 5.75 Å². The number of urea groups is 1. The van der Waals surface area contributed by atoms with Crippen LogP contribution >= 0.6 is 0 Å². The number of likely N-dealkylation sites (N-methyl/N-ethyl adjacent to an activating group) is 1. The van der Waals surface area contributed by atoms with Crippen molar-refractivity contribution in [1.82, 2.24) is 24.9 Å². The van der Waals surface area contributed by atoms with Gasteiger partial charge in [0.05, 0.1) is 24.7 Å². The Kier molecular flexibility index (Phi) is 10.6. The highest BCUT2D eigenvalue weighted by atomic mass is 32.2. The van der Waals surface area contributed by atoms with E-state index in [0.29, 0.717) is 18.0 Å². The zero-order valence-electron chi connectivity index (χ0n) is 25.1. The Labute approximate surface area is 260 Å². The molecule has 2 aliphatic heterocycles. The van der Waals surface area contributed by atoms with Gasteiger partial charge in [-0.3, -0.25) is 4.90 Å². The number of anilines is 1. The predicted molar refractivity (Wildman–Crippen MR) is 162 cm³/mol. The zero-order valence-corrected chi connectivity index (χ0v) is 25.9. The lowest BCUT2D eigenvalue weighted by molar-refractivity contribution is 0.116. The Morgan fingerprint density at radius 3 is 2.31 bits per heavy atom. The second-order valence-corrected chi connectivity index (χ2v) is 13.3. The maximum atomic E-state index is 15.3. The molecule has 244 valence electrons. The van der Waals surface area contributed by atoms with Crippen LogP contribution in [0.1, 0.15) is 31.2 Å². The van der Waals surface area contributed by atoms with Gasteiger partial charge in [-0.1, -0.05) is 13.0 Å². The Balaban J connectivity index is 1.26. The van der Waals surface area contributed by atoms with Crippen molar-refractivity contribution in [1.29, 1.82) is 0 Å². The van der Waals surface area contributed by atoms with Gasteiger partial charge >= 0.3 is 12.5 Å². The molecule has 15 heteroatoms. The fourth-order valence-electron chi connectivity index (χ4n) is 5.29. The first-order valence-corrected chi connectivity index (χ1v) is 16.8. The van der Waals surface area contributed by atoms with Crippen molar-refractivity contribution in [3.05, 3.63) is 59.7 Å². The van der Waals surface area contributed by atoms with Crippen molar-refractivity contribution in [2.75, 3.05) is 75.4 Å². The number of hydrogen-bond acceptors (Lipinski definition) is 9. The Morgan fingerprint density at radius 1 is 1.00 bits per heavy atom. The van der Waals surface area contributed by atoms with Gasteiger partial charge in [0, 0.05) is 62.6 Å². The van der Waals surface area contributed by atoms with Gasteiger partial charge in [0.25, 0.3) is 5.89 Å². The van der Waals surface area contributed by atoms with Crippen LogP contribution in [-0.2, 0) is 16.4 Å². The lowest BCUT2D eigenvalue weighted by Gasteiger charge is -2.34. The fourth-order valence-corrected chi connectivity index (χ4v) is 6.49. The van der Waals surface area contributed by atoms with E-state index in [2.05, 4.69) is 26.9 Å². The highest BCUT2D eigenvalue weighted by molar-refractivity contribution is 7.91. The van der Waals surface area contributed by atoms with Crippen LogP contribution in [-0.4, -0.2) is 110 Å². The quantitative estimate of drug-likeness (QED) is 0.284. The first-order chi connectivity index (χ1) is 21.6. The number of piperazine rings is 1. The van der Waals surface area contributed by atoms with Crippen LogP contribution in [0.4, 0.5) is 23.7 Å². The molecule has 0 aliphatic carbocycles. The number of sulfone groups is 1. The molecule has 0 N–H and O–H groups in total. The second kappa shape index (κ2) is 14.6. The fraction of sp³-hybridized carbons (Fsp3) is 0.500. The van der Waals surface area contributed by atoms with Crippen LogP contribution in [0, 0.1) is 5.82 Å². The molecule has 0 saturated carbocycles. The van der Waals surface area contributed by atoms with Gasteiger partial charge in [0.1, 0.15) is 11.6 Å². The summed E-state index contributed by atoms with van der Waals surface area (Å²) in [5.41, 5.74) is 0.724. The van der Waals surface area contributed by atoms with E-state index in [4.69, 9.17) is 9.15 Å². The van der Waals surface area contributed by atoms with Gasteiger partial charge < -0.3 is 23.9 Å². The topological polar surface area (TPSA) is 112 Å². The lowest BCUT2D eigenvalue weighted by Crippen LogP contribution is -2.49. The zero-order chi connectivity index (χ0) is 32.0. The minimum atomic E-state index is -3.23. The van der Waals surface area contributed by atoms with E-state index in [1.807, 2.05) is 0 Å². The molecule has 11 nitrogen and oxygen atoms in total. The van der Waals surface area contributed by atoms with E-state index in [1.165, 1.54) is 21.9 Å². The number of amides is 2. The molecular weight excluding hydrogens is 613 g/mol. The molecule has 0 bridgehead atoms. The molecule has 2 amide bonds. The maximum absolute atomic E-state index is 15.3. The molecule has 0 atom stereocenters. The van der Waals surface area contributed by atoms with E-state index < -0.39 is 34.0 Å². The number of aromatic nitrogens is 2. The average molecular weight is 651 g/mol. The first-order valence-electron chi connectivity index (χ1n) is 15.0. The van der Waals surface area contributed by atoms with E-state index in [1.54, 1.807) is 24.3 Å². The van der Waals surface area contributed by atoms with Crippen LogP contribution in [0.3, 0.4) is 0 Å². The molecule has 45 heavy (non-hydrogen) atoms. The summed E-state index contributed by atoms with van der Waals surface area (Å²) < 4.78 is 75.8. The van der Waals surface area contributed by atoms with Gasteiger partial charge in [-0.25, -0.2) is 17.6 Å². The van der Waals surface area contributed by atoms with Gasteiger partial charge in [0.2, 0.25) is 5.89 Å². The lowest BCUT2D eigenvalue weighted by atomic mass is 10.1. The molecule has 2 aromatic carbocycles. The van der Waals surface area contributed by atoms with Crippen molar-refractivity contribution in [2.24, 2.45) is 0 Å². The van der Waals surface area contributed by atoms with Crippen LogP contribution in [0.2, 0.25) is 0 Å². The van der Waals surface area contributed by atoms with Crippen molar-refractivity contribution in [2.45, 2.75) is 26.3 Å². The monoisotopic (exact) mass is 650 g/mol. The smallest absolute Gasteiger partial charge is 0.324 e. The largest absolute Gasteiger partial charge is 0.494 e. The molecule has 2 aliphatic rings. The molecule has 2 fully saturated rings. The number of halogens is 3. The molecule has 3 aromatic rings. The Hall–Kier alpha value is -3.69. The van der Waals surface area contributed by atoms with E-state index in [0.717, 1.165) is 51.8 Å². The van der Waals surface area contributed by atoms with E-state index in [9.17, 15) is 22.0 Å². The molecular formula is C30H37F3N6O5S. The van der Waals surface area contributed by atoms with E-state index in [-0.39, 0.29) is 48.2 Å². The SMILES string of the molecule is CCN1CCN(CCCOc2ccc(N(Cc3ccc(-c4nnc(C(F)F)o4)cc3F)C(=O)N3CCS(=O)(=O)CC3)cc2)CC1. The molecule has 5 rings (SSSR count). The molecule has 3 heterocycles. The molecule has 2 saturated heterocycles. The molecule has 1 aromatic heterocycles. The summed E-state index contributed by atoms with van der Waals surface area (Å²) in [6.45, 7) is 8.87. The molecule has 0 spiro atoms. The highest BCUT2D eigenvalue weighted by Crippen LogP contribution is 2.28. The number of carbonyl (C=O) groups is 1. The number of benzene rings is 2. The summed E-state index contributed by atoms with van der Waals surface area (Å²) in [6, 6.07) is 10.4. The maximum Gasteiger partial charge on any atom is 0.324 e. The summed E-state index contributed by atoms with van der Waals surface area (Å²) in [6.07, 6.45) is -2.08. The molecule has 0 unspecified atom stereocenters. The predicted octanol–water partition coefficient (Wildman–Crippen LogP) is 4.08. The van der Waals surface area contributed by atoms with E-state index >= 15 is 4.39 Å². The standard InChI is InChI=1S/C30H37F3N6O5S/c1-2-36-11-13-37(14-12-36)10-3-17-43-25-8-6-24(7-9-25)39(30(40)38-15-18-45(41,42)19-16-38)21-23-5-4-22(20-26(23)31)28-34-35-29(44-28)27(32)33/h4-9,20,27H,2-3,10-19,21H2,1H3. The minimum Gasteiger partial charge on any atom is -0.494 e. The van der Waals surface area contributed by atoms with Crippen molar-refractivity contribution >= 4 is 21.6 Å². The van der Waals surface area contributed by atoms with Crippen molar-refractivity contribution < 1.29 is 35.5 Å². The second-order valence-electron chi connectivity index (χ2n) is 11.0. The van der Waals surface area contributed by atoms with Crippen LogP contribution < -0.4 is 9.64 Å². The third-order valence-electron chi connectivity index (χ3n) is 8.05.